The molecular formula is C19H28N2O2. The average Bonchev–Trinajstić information content (AvgIpc) is 3.00. The number of anilines is 1. The lowest BCUT2D eigenvalue weighted by molar-refractivity contribution is 0.0699. The van der Waals surface area contributed by atoms with Gasteiger partial charge in [0, 0.05) is 29.3 Å². The number of carboxylic acids is 1. The van der Waals surface area contributed by atoms with Crippen LogP contribution in [0.15, 0.2) is 24.4 Å². The number of aromatic nitrogens is 1. The SMILES string of the molecule is CCCCCCCCCCNc1cc(C(=O)O)c2cc[nH]c2c1. The first-order valence-electron chi connectivity index (χ1n) is 8.80. The van der Waals surface area contributed by atoms with Gasteiger partial charge in [-0.2, -0.15) is 0 Å². The lowest BCUT2D eigenvalue weighted by atomic mass is 10.1. The number of hydrogen-bond donors (Lipinski definition) is 3. The molecule has 0 radical (unpaired) electrons. The Hall–Kier alpha value is -1.97. The normalized spacial score (nSPS) is 11.0. The number of aromatic carboxylic acids is 1. The van der Waals surface area contributed by atoms with E-state index < -0.39 is 5.97 Å². The number of hydrogen-bond acceptors (Lipinski definition) is 2. The fraction of sp³-hybridized carbons (Fsp3) is 0.526. The van der Waals surface area contributed by atoms with Crippen LogP contribution in [0.4, 0.5) is 5.69 Å². The van der Waals surface area contributed by atoms with E-state index >= 15 is 0 Å². The number of benzene rings is 1. The van der Waals surface area contributed by atoms with Gasteiger partial charge in [0.2, 0.25) is 0 Å². The average molecular weight is 316 g/mol. The van der Waals surface area contributed by atoms with Gasteiger partial charge >= 0.3 is 5.97 Å². The van der Waals surface area contributed by atoms with Crippen LogP contribution in [0.3, 0.4) is 0 Å². The molecule has 4 nitrogen and oxygen atoms in total. The molecule has 3 N–H and O–H groups in total. The fourth-order valence-electron chi connectivity index (χ4n) is 2.94. The second-order valence-corrected chi connectivity index (χ2v) is 6.17. The van der Waals surface area contributed by atoms with Crippen LogP contribution in [0, 0.1) is 0 Å². The van der Waals surface area contributed by atoms with Gasteiger partial charge in [-0.1, -0.05) is 51.9 Å². The van der Waals surface area contributed by atoms with Gasteiger partial charge in [-0.25, -0.2) is 4.79 Å². The van der Waals surface area contributed by atoms with Gasteiger partial charge < -0.3 is 15.4 Å². The molecular weight excluding hydrogens is 288 g/mol. The van der Waals surface area contributed by atoms with E-state index in [2.05, 4.69) is 17.2 Å². The summed E-state index contributed by atoms with van der Waals surface area (Å²) in [5.41, 5.74) is 2.09. The standard InChI is InChI=1S/C19H28N2O2/c1-2-3-4-5-6-7-8-9-11-20-15-13-17(19(22)23)16-10-12-21-18(16)14-15/h10,12-14,20-21H,2-9,11H2,1H3,(H,22,23). The van der Waals surface area contributed by atoms with Crippen molar-refractivity contribution in [2.45, 2.75) is 58.3 Å². The van der Waals surface area contributed by atoms with Crippen LogP contribution in [0.1, 0.15) is 68.6 Å². The zero-order valence-electron chi connectivity index (χ0n) is 14.0. The smallest absolute Gasteiger partial charge is 0.336 e. The van der Waals surface area contributed by atoms with Crippen molar-refractivity contribution in [3.05, 3.63) is 30.0 Å². The summed E-state index contributed by atoms with van der Waals surface area (Å²) in [5, 5.41) is 13.4. The van der Waals surface area contributed by atoms with Crippen LogP contribution in [-0.4, -0.2) is 22.6 Å². The molecule has 0 amide bonds. The molecule has 0 saturated heterocycles. The van der Waals surface area contributed by atoms with Crippen molar-refractivity contribution in [3.63, 3.8) is 0 Å². The Morgan fingerprint density at radius 1 is 1.09 bits per heavy atom. The van der Waals surface area contributed by atoms with Crippen molar-refractivity contribution >= 4 is 22.6 Å². The summed E-state index contributed by atoms with van der Waals surface area (Å²) in [4.78, 5) is 14.4. The van der Waals surface area contributed by atoms with E-state index in [1.165, 1.54) is 44.9 Å². The molecule has 0 unspecified atom stereocenters. The van der Waals surface area contributed by atoms with Crippen LogP contribution in [0.5, 0.6) is 0 Å². The van der Waals surface area contributed by atoms with Crippen LogP contribution >= 0.6 is 0 Å². The molecule has 2 aromatic rings. The molecule has 1 aromatic heterocycles. The van der Waals surface area contributed by atoms with Gasteiger partial charge in [0.05, 0.1) is 5.56 Å². The lowest BCUT2D eigenvalue weighted by Gasteiger charge is -2.08. The van der Waals surface area contributed by atoms with Gasteiger partial charge in [-0.15, -0.1) is 0 Å². The predicted octanol–water partition coefficient (Wildman–Crippen LogP) is 5.42. The highest BCUT2D eigenvalue weighted by molar-refractivity contribution is 6.04. The predicted molar refractivity (Wildman–Crippen MR) is 96.4 cm³/mol. The van der Waals surface area contributed by atoms with Crippen molar-refractivity contribution in [1.82, 2.24) is 4.98 Å². The van der Waals surface area contributed by atoms with Crippen LogP contribution in [-0.2, 0) is 0 Å². The van der Waals surface area contributed by atoms with E-state index in [0.717, 1.165) is 29.6 Å². The van der Waals surface area contributed by atoms with Gasteiger partial charge in [0.1, 0.15) is 0 Å². The van der Waals surface area contributed by atoms with Crippen molar-refractivity contribution in [1.29, 1.82) is 0 Å². The molecule has 2 rings (SSSR count). The Morgan fingerprint density at radius 2 is 1.78 bits per heavy atom. The Morgan fingerprint density at radius 3 is 2.48 bits per heavy atom. The summed E-state index contributed by atoms with van der Waals surface area (Å²) in [6.07, 6.45) is 12.1. The molecule has 4 heteroatoms. The monoisotopic (exact) mass is 316 g/mol. The molecule has 126 valence electrons. The Bertz CT molecular complexity index is 619. The summed E-state index contributed by atoms with van der Waals surface area (Å²) < 4.78 is 0. The maximum absolute atomic E-state index is 11.3. The summed E-state index contributed by atoms with van der Waals surface area (Å²) in [6, 6.07) is 5.51. The minimum Gasteiger partial charge on any atom is -0.478 e. The fourth-order valence-corrected chi connectivity index (χ4v) is 2.94. The number of carbonyl (C=O) groups is 1. The third kappa shape index (κ3) is 5.31. The third-order valence-corrected chi connectivity index (χ3v) is 4.26. The van der Waals surface area contributed by atoms with Crippen molar-refractivity contribution in [2.75, 3.05) is 11.9 Å². The van der Waals surface area contributed by atoms with Crippen LogP contribution in [0.2, 0.25) is 0 Å². The number of unbranched alkanes of at least 4 members (excludes halogenated alkanes) is 7. The lowest BCUT2D eigenvalue weighted by Crippen LogP contribution is -2.04. The molecule has 0 aliphatic heterocycles. The first-order valence-corrected chi connectivity index (χ1v) is 8.80. The van der Waals surface area contributed by atoms with Crippen LogP contribution < -0.4 is 5.32 Å². The molecule has 0 bridgehead atoms. The third-order valence-electron chi connectivity index (χ3n) is 4.26. The van der Waals surface area contributed by atoms with E-state index in [1.807, 2.05) is 6.07 Å². The Labute approximate surface area is 138 Å². The van der Waals surface area contributed by atoms with Gasteiger partial charge in [-0.05, 0) is 24.6 Å². The second kappa shape index (κ2) is 9.23. The van der Waals surface area contributed by atoms with Gasteiger partial charge in [0.25, 0.3) is 0 Å². The molecule has 0 aliphatic carbocycles. The number of rotatable bonds is 11. The van der Waals surface area contributed by atoms with E-state index in [-0.39, 0.29) is 0 Å². The first kappa shape index (κ1) is 17.4. The summed E-state index contributed by atoms with van der Waals surface area (Å²) >= 11 is 0. The molecule has 23 heavy (non-hydrogen) atoms. The number of carboxylic acid groups (broad SMARTS) is 1. The molecule has 1 aromatic carbocycles. The number of fused-ring (bicyclic) bond motifs is 1. The van der Waals surface area contributed by atoms with Crippen LogP contribution in [0.25, 0.3) is 10.9 Å². The quantitative estimate of drug-likeness (QED) is 0.485. The summed E-state index contributed by atoms with van der Waals surface area (Å²) in [6.45, 7) is 3.13. The van der Waals surface area contributed by atoms with E-state index in [9.17, 15) is 9.90 Å². The van der Waals surface area contributed by atoms with Gasteiger partial charge in [-0.3, -0.25) is 0 Å². The summed E-state index contributed by atoms with van der Waals surface area (Å²) in [5.74, 6) is -0.884. The largest absolute Gasteiger partial charge is 0.478 e. The van der Waals surface area contributed by atoms with Crippen molar-refractivity contribution in [2.24, 2.45) is 0 Å². The highest BCUT2D eigenvalue weighted by atomic mass is 16.4. The molecule has 1 heterocycles. The maximum Gasteiger partial charge on any atom is 0.336 e. The summed E-state index contributed by atoms with van der Waals surface area (Å²) in [7, 11) is 0. The zero-order valence-corrected chi connectivity index (χ0v) is 14.0. The molecule has 0 aliphatic rings. The topological polar surface area (TPSA) is 65.1 Å². The first-order chi connectivity index (χ1) is 11.2. The molecule has 0 atom stereocenters. The van der Waals surface area contributed by atoms with E-state index in [4.69, 9.17) is 0 Å². The minimum absolute atomic E-state index is 0.349. The maximum atomic E-state index is 11.3. The number of aromatic amines is 1. The number of nitrogens with one attached hydrogen (secondary N) is 2. The Balaban J connectivity index is 1.74. The van der Waals surface area contributed by atoms with Crippen molar-refractivity contribution < 1.29 is 9.90 Å². The van der Waals surface area contributed by atoms with Gasteiger partial charge in [0.15, 0.2) is 0 Å². The molecule has 0 fully saturated rings. The van der Waals surface area contributed by atoms with Crippen molar-refractivity contribution in [3.8, 4) is 0 Å². The highest BCUT2D eigenvalue weighted by Gasteiger charge is 2.10. The minimum atomic E-state index is -0.884. The highest BCUT2D eigenvalue weighted by Crippen LogP contribution is 2.23. The Kier molecular flexibility index (Phi) is 6.98. The zero-order chi connectivity index (χ0) is 16.5. The number of H-pyrrole nitrogens is 1. The van der Waals surface area contributed by atoms with E-state index in [1.54, 1.807) is 18.3 Å². The second-order valence-electron chi connectivity index (χ2n) is 6.17. The molecule has 0 saturated carbocycles. The molecule has 0 spiro atoms. The van der Waals surface area contributed by atoms with E-state index in [0.29, 0.717) is 5.56 Å².